The Kier molecular flexibility index (Phi) is 12.0. The lowest BCUT2D eigenvalue weighted by molar-refractivity contribution is -0.0529. The van der Waals surface area contributed by atoms with Gasteiger partial charge in [-0.15, -0.1) is 0 Å². The highest BCUT2D eigenvalue weighted by atomic mass is 16.5. The van der Waals surface area contributed by atoms with Crippen molar-refractivity contribution in [2.75, 3.05) is 33.4 Å². The third kappa shape index (κ3) is 10.2. The summed E-state index contributed by atoms with van der Waals surface area (Å²) in [4.78, 5) is 26.8. The lowest BCUT2D eigenvalue weighted by Gasteiger charge is -2.32. The summed E-state index contributed by atoms with van der Waals surface area (Å²) in [5, 5.41) is 3.03. The first kappa shape index (κ1) is 29.1. The van der Waals surface area contributed by atoms with E-state index in [4.69, 9.17) is 14.2 Å². The Morgan fingerprint density at radius 1 is 1.14 bits per heavy atom. The number of methoxy groups -OCH3 is 1. The molecule has 1 aromatic rings. The van der Waals surface area contributed by atoms with Crippen LogP contribution in [0, 0.1) is 12.3 Å². The molecule has 1 aliphatic rings. The highest BCUT2D eigenvalue weighted by molar-refractivity contribution is 5.92. The first-order valence-corrected chi connectivity index (χ1v) is 13.1. The monoisotopic (exact) mass is 490 g/mol. The molecule has 0 radical (unpaired) electrons. The van der Waals surface area contributed by atoms with E-state index in [2.05, 4.69) is 33.0 Å². The molecule has 7 nitrogen and oxygen atoms in total. The summed E-state index contributed by atoms with van der Waals surface area (Å²) in [6.07, 6.45) is 6.08. The molecule has 35 heavy (non-hydrogen) atoms. The Balaban J connectivity index is 1.85. The Bertz CT molecular complexity index is 805. The van der Waals surface area contributed by atoms with E-state index in [0.29, 0.717) is 38.4 Å². The molecule has 7 heteroatoms. The number of ether oxygens (including phenoxy) is 3. The van der Waals surface area contributed by atoms with Crippen LogP contribution in [-0.4, -0.2) is 62.5 Å². The molecule has 0 bridgehead atoms. The van der Waals surface area contributed by atoms with Gasteiger partial charge in [0, 0.05) is 19.6 Å². The van der Waals surface area contributed by atoms with Gasteiger partial charge in [-0.25, -0.2) is 9.59 Å². The normalized spacial score (nSPS) is 18.2. The fourth-order valence-electron chi connectivity index (χ4n) is 4.49. The number of rotatable bonds is 12. The topological polar surface area (TPSA) is 77.1 Å². The number of urea groups is 1. The van der Waals surface area contributed by atoms with Gasteiger partial charge in [0.25, 0.3) is 0 Å². The predicted octanol–water partition coefficient (Wildman–Crippen LogP) is 5.48. The molecule has 1 aliphatic carbocycles. The third-order valence-corrected chi connectivity index (χ3v) is 6.27. The summed E-state index contributed by atoms with van der Waals surface area (Å²) < 4.78 is 17.4. The van der Waals surface area contributed by atoms with E-state index in [1.54, 1.807) is 0 Å². The minimum atomic E-state index is -0.329. The van der Waals surface area contributed by atoms with E-state index in [9.17, 15) is 9.59 Å². The van der Waals surface area contributed by atoms with E-state index in [-0.39, 0.29) is 29.6 Å². The molecule has 0 aromatic heterocycles. The number of esters is 1. The Morgan fingerprint density at radius 3 is 2.51 bits per heavy atom. The van der Waals surface area contributed by atoms with Crippen LogP contribution in [0.2, 0.25) is 0 Å². The molecular weight excluding hydrogens is 444 g/mol. The van der Waals surface area contributed by atoms with Crippen molar-refractivity contribution >= 4 is 12.0 Å². The first-order chi connectivity index (χ1) is 16.6. The number of aryl methyl sites for hydroxylation is 1. The molecule has 1 aromatic carbocycles. The van der Waals surface area contributed by atoms with Crippen molar-refractivity contribution in [3.8, 4) is 0 Å². The Labute approximate surface area is 211 Å². The Morgan fingerprint density at radius 2 is 1.86 bits per heavy atom. The average molecular weight is 491 g/mol. The van der Waals surface area contributed by atoms with Crippen molar-refractivity contribution in [3.05, 3.63) is 34.9 Å². The quantitative estimate of drug-likeness (QED) is 0.310. The van der Waals surface area contributed by atoms with Crippen LogP contribution in [0.3, 0.4) is 0 Å². The number of nitrogens with zero attached hydrogens (tertiary/aromatic N) is 1. The zero-order chi connectivity index (χ0) is 25.8. The number of unbranched alkanes of at least 4 members (excludes halogenated alkanes) is 1. The fraction of sp³-hybridized carbons (Fsp3) is 0.714. The highest BCUT2D eigenvalue weighted by Gasteiger charge is 2.25. The fourth-order valence-corrected chi connectivity index (χ4v) is 4.49. The molecule has 0 unspecified atom stereocenters. The van der Waals surface area contributed by atoms with Crippen molar-refractivity contribution in [3.63, 3.8) is 0 Å². The number of benzene rings is 1. The van der Waals surface area contributed by atoms with Crippen LogP contribution < -0.4 is 5.32 Å². The highest BCUT2D eigenvalue weighted by Crippen LogP contribution is 2.26. The summed E-state index contributed by atoms with van der Waals surface area (Å²) in [7, 11) is 1.40. The summed E-state index contributed by atoms with van der Waals surface area (Å²) in [5.41, 5.74) is 2.35. The van der Waals surface area contributed by atoms with Gasteiger partial charge >= 0.3 is 12.0 Å². The van der Waals surface area contributed by atoms with Crippen molar-refractivity contribution in [1.82, 2.24) is 10.2 Å². The average Bonchev–Trinajstić information content (AvgIpc) is 2.81. The van der Waals surface area contributed by atoms with E-state index in [0.717, 1.165) is 49.7 Å². The smallest absolute Gasteiger partial charge is 0.338 e. The summed E-state index contributed by atoms with van der Waals surface area (Å²) in [6.45, 7) is 13.3. The van der Waals surface area contributed by atoms with Crippen LogP contribution in [0.25, 0.3) is 0 Å². The van der Waals surface area contributed by atoms with Crippen LogP contribution >= 0.6 is 0 Å². The molecule has 2 rings (SSSR count). The second-order valence-electron chi connectivity index (χ2n) is 10.8. The molecule has 2 amide bonds. The molecule has 1 fully saturated rings. The number of carbonyl (C=O) groups is 2. The van der Waals surface area contributed by atoms with Gasteiger partial charge in [-0.3, -0.25) is 0 Å². The second kappa shape index (κ2) is 14.4. The maximum atomic E-state index is 12.7. The van der Waals surface area contributed by atoms with Gasteiger partial charge in [0.05, 0.1) is 38.1 Å². The number of nitrogens with one attached hydrogen (secondary N) is 1. The number of amides is 2. The van der Waals surface area contributed by atoms with E-state index in [1.165, 1.54) is 7.11 Å². The lowest BCUT2D eigenvalue weighted by Crippen LogP contribution is -2.46. The zero-order valence-corrected chi connectivity index (χ0v) is 22.7. The first-order valence-electron chi connectivity index (χ1n) is 13.1. The molecule has 1 N–H and O–H groups in total. The van der Waals surface area contributed by atoms with Crippen molar-refractivity contribution in [2.45, 2.75) is 92.0 Å². The maximum Gasteiger partial charge on any atom is 0.338 e. The standard InChI is InChI=1S/C28H46N2O5/c1-7-8-15-29-27(32)30(20-28(3,4)5)16-17-34-23-13-10-14-24(18-23)35-19-22-12-9-11-21(2)25(22)26(31)33-6/h9,11-12,23-24H,7-8,10,13-20H2,1-6H3,(H,29,32)/t23-,24+/m0/s1. The number of hydrogen-bond acceptors (Lipinski definition) is 5. The lowest BCUT2D eigenvalue weighted by atomic mass is 9.94. The Hall–Kier alpha value is -2.12. The predicted molar refractivity (Wildman–Crippen MR) is 139 cm³/mol. The van der Waals surface area contributed by atoms with Crippen LogP contribution in [0.5, 0.6) is 0 Å². The van der Waals surface area contributed by atoms with Crippen LogP contribution in [-0.2, 0) is 20.8 Å². The minimum Gasteiger partial charge on any atom is -0.465 e. The number of hydrogen-bond donors (Lipinski definition) is 1. The van der Waals surface area contributed by atoms with Gasteiger partial charge in [0.1, 0.15) is 0 Å². The van der Waals surface area contributed by atoms with Gasteiger partial charge in [-0.1, -0.05) is 52.3 Å². The van der Waals surface area contributed by atoms with Gasteiger partial charge < -0.3 is 24.4 Å². The number of carbonyl (C=O) groups excluding carboxylic acids is 2. The summed E-state index contributed by atoms with van der Waals surface area (Å²) in [5.74, 6) is -0.329. The van der Waals surface area contributed by atoms with Crippen LogP contribution in [0.4, 0.5) is 4.79 Å². The maximum absolute atomic E-state index is 12.7. The molecule has 1 saturated carbocycles. The molecular formula is C28H46N2O5. The molecule has 0 heterocycles. The van der Waals surface area contributed by atoms with E-state index >= 15 is 0 Å². The van der Waals surface area contributed by atoms with Crippen molar-refractivity contribution < 1.29 is 23.8 Å². The molecule has 198 valence electrons. The van der Waals surface area contributed by atoms with Gasteiger partial charge in [-0.2, -0.15) is 0 Å². The van der Waals surface area contributed by atoms with Crippen LogP contribution in [0.1, 0.15) is 87.7 Å². The summed E-state index contributed by atoms with van der Waals surface area (Å²) >= 11 is 0. The minimum absolute atomic E-state index is 0.0126. The zero-order valence-electron chi connectivity index (χ0n) is 22.7. The molecule has 0 aliphatic heterocycles. The molecule has 2 atom stereocenters. The van der Waals surface area contributed by atoms with Crippen LogP contribution in [0.15, 0.2) is 18.2 Å². The van der Waals surface area contributed by atoms with E-state index < -0.39 is 0 Å². The molecule has 0 spiro atoms. The van der Waals surface area contributed by atoms with Gasteiger partial charge in [-0.05, 0) is 55.6 Å². The van der Waals surface area contributed by atoms with E-state index in [1.807, 2.05) is 30.0 Å². The largest absolute Gasteiger partial charge is 0.465 e. The molecule has 0 saturated heterocycles. The second-order valence-corrected chi connectivity index (χ2v) is 10.8. The van der Waals surface area contributed by atoms with Gasteiger partial charge in [0.15, 0.2) is 0 Å². The van der Waals surface area contributed by atoms with Crippen molar-refractivity contribution in [1.29, 1.82) is 0 Å². The SMILES string of the molecule is CCCCNC(=O)N(CCO[C@H]1CCC[C@@H](OCc2cccc(C)c2C(=O)OC)C1)CC(C)(C)C. The third-order valence-electron chi connectivity index (χ3n) is 6.27. The van der Waals surface area contributed by atoms with Gasteiger partial charge in [0.2, 0.25) is 0 Å². The van der Waals surface area contributed by atoms with Crippen molar-refractivity contribution in [2.24, 2.45) is 5.41 Å². The summed E-state index contributed by atoms with van der Waals surface area (Å²) in [6, 6.07) is 5.76.